The number of aryl methyl sites for hydroxylation is 1. The van der Waals surface area contributed by atoms with Crippen LogP contribution in [0.4, 0.5) is 4.39 Å². The summed E-state index contributed by atoms with van der Waals surface area (Å²) in [6.45, 7) is 4.75. The van der Waals surface area contributed by atoms with Crippen molar-refractivity contribution in [2.24, 2.45) is 11.1 Å². The fraction of sp³-hybridized carbons (Fsp3) is 0.467. The number of hydrogen-bond donors (Lipinski definition) is 1. The van der Waals surface area contributed by atoms with Crippen LogP contribution in [0.15, 0.2) is 23.4 Å². The molecule has 0 radical (unpaired) electrons. The molecule has 20 heavy (non-hydrogen) atoms. The Balaban J connectivity index is 2.20. The molecule has 1 atom stereocenters. The maximum absolute atomic E-state index is 13.8. The van der Waals surface area contributed by atoms with Crippen molar-refractivity contribution >= 4 is 11.6 Å². The summed E-state index contributed by atoms with van der Waals surface area (Å²) < 4.78 is 13.8. The van der Waals surface area contributed by atoms with E-state index in [0.717, 1.165) is 17.7 Å². The number of hydrogen-bond acceptors (Lipinski definition) is 3. The molecule has 4 nitrogen and oxygen atoms in total. The van der Waals surface area contributed by atoms with Crippen LogP contribution in [0, 0.1) is 18.7 Å². The van der Waals surface area contributed by atoms with Crippen molar-refractivity contribution in [2.75, 3.05) is 13.1 Å². The highest BCUT2D eigenvalue weighted by Crippen LogP contribution is 2.21. The van der Waals surface area contributed by atoms with Gasteiger partial charge in [-0.3, -0.25) is 4.79 Å². The number of carbonyl (C=O) groups excluding carboxylic acids is 1. The second-order valence-corrected chi connectivity index (χ2v) is 5.18. The molecule has 2 rings (SSSR count). The van der Waals surface area contributed by atoms with Crippen LogP contribution in [-0.4, -0.2) is 34.8 Å². The van der Waals surface area contributed by atoms with E-state index in [1.165, 1.54) is 6.07 Å². The monoisotopic (exact) mass is 278 g/mol. The Hall–Kier alpha value is -1.91. The number of benzene rings is 1. The van der Waals surface area contributed by atoms with Crippen LogP contribution < -0.4 is 0 Å². The number of nitrogens with zero attached hydrogens (tertiary/aromatic N) is 2. The van der Waals surface area contributed by atoms with E-state index in [0.29, 0.717) is 19.5 Å². The van der Waals surface area contributed by atoms with Crippen molar-refractivity contribution < 1.29 is 14.4 Å². The normalized spacial score (nSPS) is 21.2. The summed E-state index contributed by atoms with van der Waals surface area (Å²) in [6.07, 6.45) is 1.33. The van der Waals surface area contributed by atoms with Crippen LogP contribution >= 0.6 is 0 Å². The molecule has 1 aliphatic rings. The molecule has 0 saturated carbocycles. The van der Waals surface area contributed by atoms with Gasteiger partial charge >= 0.3 is 0 Å². The summed E-state index contributed by atoms with van der Waals surface area (Å²) in [5.41, 5.74) is 1.70. The van der Waals surface area contributed by atoms with Crippen molar-refractivity contribution in [1.82, 2.24) is 4.90 Å². The van der Waals surface area contributed by atoms with E-state index in [1.54, 1.807) is 17.0 Å². The van der Waals surface area contributed by atoms with E-state index < -0.39 is 5.82 Å². The number of carbonyl (C=O) groups is 1. The first kappa shape index (κ1) is 14.5. The summed E-state index contributed by atoms with van der Waals surface area (Å²) in [6, 6.07) is 4.55. The smallest absolute Gasteiger partial charge is 0.256 e. The van der Waals surface area contributed by atoms with Gasteiger partial charge in [-0.15, -0.1) is 0 Å². The zero-order valence-electron chi connectivity index (χ0n) is 11.8. The molecule has 108 valence electrons. The van der Waals surface area contributed by atoms with Gasteiger partial charge in [-0.2, -0.15) is 0 Å². The predicted molar refractivity (Wildman–Crippen MR) is 74.7 cm³/mol. The Morgan fingerprint density at radius 1 is 1.55 bits per heavy atom. The van der Waals surface area contributed by atoms with E-state index in [2.05, 4.69) is 5.16 Å². The molecule has 1 heterocycles. The molecule has 1 saturated heterocycles. The van der Waals surface area contributed by atoms with Crippen molar-refractivity contribution in [3.05, 3.63) is 35.1 Å². The van der Waals surface area contributed by atoms with E-state index in [9.17, 15) is 9.18 Å². The Bertz CT molecular complexity index is 543. The number of piperidine rings is 1. The minimum Gasteiger partial charge on any atom is -0.411 e. The third-order valence-electron chi connectivity index (χ3n) is 3.81. The molecule has 1 aromatic carbocycles. The molecule has 1 aliphatic heterocycles. The number of oxime groups is 1. The molecule has 5 heteroatoms. The van der Waals surface area contributed by atoms with Crippen LogP contribution in [0.5, 0.6) is 0 Å². The largest absolute Gasteiger partial charge is 0.411 e. The number of likely N-dealkylation sites (tertiary alicyclic amines) is 1. The summed E-state index contributed by atoms with van der Waals surface area (Å²) >= 11 is 0. The Morgan fingerprint density at radius 2 is 2.30 bits per heavy atom. The van der Waals surface area contributed by atoms with E-state index >= 15 is 0 Å². The molecule has 0 spiro atoms. The molecular weight excluding hydrogens is 259 g/mol. The first-order chi connectivity index (χ1) is 9.56. The highest BCUT2D eigenvalue weighted by Gasteiger charge is 2.29. The van der Waals surface area contributed by atoms with Crippen molar-refractivity contribution in [3.8, 4) is 0 Å². The van der Waals surface area contributed by atoms with Crippen molar-refractivity contribution in [2.45, 2.75) is 26.7 Å². The molecule has 1 unspecified atom stereocenters. The maximum Gasteiger partial charge on any atom is 0.256 e. The molecule has 0 aliphatic carbocycles. The Kier molecular flexibility index (Phi) is 4.37. The number of rotatable bonds is 2. The first-order valence-corrected chi connectivity index (χ1v) is 6.83. The highest BCUT2D eigenvalue weighted by atomic mass is 19.1. The molecule has 1 fully saturated rings. The van der Waals surface area contributed by atoms with Crippen LogP contribution in [0.25, 0.3) is 0 Å². The number of halogens is 1. The van der Waals surface area contributed by atoms with Gasteiger partial charge in [0.05, 0.1) is 11.3 Å². The standard InChI is InChI=1S/C15H19FN2O2/c1-3-11-9-18(7-6-14(11)17-20)15(19)12-8-10(2)4-5-13(12)16/h4-5,8,11,20H,3,6-7,9H2,1-2H3/b17-14+. The molecule has 0 aromatic heterocycles. The molecule has 1 N–H and O–H groups in total. The molecular formula is C15H19FN2O2. The molecule has 1 amide bonds. The second kappa shape index (κ2) is 6.03. The van der Waals surface area contributed by atoms with Gasteiger partial charge in [0, 0.05) is 25.4 Å². The third-order valence-corrected chi connectivity index (χ3v) is 3.81. The van der Waals surface area contributed by atoms with Gasteiger partial charge in [0.25, 0.3) is 5.91 Å². The van der Waals surface area contributed by atoms with Crippen LogP contribution in [0.1, 0.15) is 35.7 Å². The average molecular weight is 278 g/mol. The quantitative estimate of drug-likeness (QED) is 0.668. The lowest BCUT2D eigenvalue weighted by Crippen LogP contribution is -2.44. The van der Waals surface area contributed by atoms with Gasteiger partial charge in [-0.1, -0.05) is 23.7 Å². The number of amides is 1. The fourth-order valence-electron chi connectivity index (χ4n) is 2.57. The third kappa shape index (κ3) is 2.81. The Morgan fingerprint density at radius 3 is 2.95 bits per heavy atom. The van der Waals surface area contributed by atoms with Crippen LogP contribution in [-0.2, 0) is 0 Å². The van der Waals surface area contributed by atoms with Gasteiger partial charge in [0.1, 0.15) is 5.82 Å². The topological polar surface area (TPSA) is 52.9 Å². The van der Waals surface area contributed by atoms with Gasteiger partial charge in [-0.25, -0.2) is 4.39 Å². The summed E-state index contributed by atoms with van der Waals surface area (Å²) in [5, 5.41) is 12.2. The minimum absolute atomic E-state index is 0.0468. The van der Waals surface area contributed by atoms with Gasteiger partial charge < -0.3 is 10.1 Å². The van der Waals surface area contributed by atoms with Crippen molar-refractivity contribution in [3.63, 3.8) is 0 Å². The van der Waals surface area contributed by atoms with Crippen LogP contribution in [0.3, 0.4) is 0 Å². The molecule has 1 aromatic rings. The van der Waals surface area contributed by atoms with Gasteiger partial charge in [-0.05, 0) is 25.5 Å². The summed E-state index contributed by atoms with van der Waals surface area (Å²) in [7, 11) is 0. The SMILES string of the molecule is CCC1CN(C(=O)c2cc(C)ccc2F)CC/C1=N\O. The zero-order chi connectivity index (χ0) is 14.7. The zero-order valence-corrected chi connectivity index (χ0v) is 11.8. The predicted octanol–water partition coefficient (Wildman–Crippen LogP) is 2.84. The van der Waals surface area contributed by atoms with Crippen molar-refractivity contribution in [1.29, 1.82) is 0 Å². The second-order valence-electron chi connectivity index (χ2n) is 5.18. The Labute approximate surface area is 117 Å². The maximum atomic E-state index is 13.8. The minimum atomic E-state index is -0.490. The van der Waals surface area contributed by atoms with Crippen LogP contribution in [0.2, 0.25) is 0 Å². The summed E-state index contributed by atoms with van der Waals surface area (Å²) in [4.78, 5) is 14.1. The lowest BCUT2D eigenvalue weighted by Gasteiger charge is -2.33. The highest BCUT2D eigenvalue weighted by molar-refractivity contribution is 5.96. The summed E-state index contributed by atoms with van der Waals surface area (Å²) in [5.74, 6) is -0.734. The lowest BCUT2D eigenvalue weighted by atomic mass is 9.92. The first-order valence-electron chi connectivity index (χ1n) is 6.83. The molecule has 0 bridgehead atoms. The lowest BCUT2D eigenvalue weighted by molar-refractivity contribution is 0.0724. The van der Waals surface area contributed by atoms with Gasteiger partial charge in [0.15, 0.2) is 0 Å². The van der Waals surface area contributed by atoms with E-state index in [1.807, 2.05) is 13.8 Å². The fourth-order valence-corrected chi connectivity index (χ4v) is 2.57. The average Bonchev–Trinajstić information content (AvgIpc) is 2.48. The van der Waals surface area contributed by atoms with E-state index in [-0.39, 0.29) is 17.4 Å². The van der Waals surface area contributed by atoms with E-state index in [4.69, 9.17) is 5.21 Å². The van der Waals surface area contributed by atoms with Gasteiger partial charge in [0.2, 0.25) is 0 Å².